The summed E-state index contributed by atoms with van der Waals surface area (Å²) < 4.78 is 1.09. The summed E-state index contributed by atoms with van der Waals surface area (Å²) in [5.74, 6) is 0. The van der Waals surface area contributed by atoms with Crippen LogP contribution in [0.4, 0.5) is 0 Å². The third-order valence-corrected chi connectivity index (χ3v) is 3.44. The smallest absolute Gasteiger partial charge is 0.0933 e. The Morgan fingerprint density at radius 2 is 1.72 bits per heavy atom. The average molecular weight is 306 g/mol. The van der Waals surface area contributed by atoms with Crippen LogP contribution in [0.15, 0.2) is 59.1 Å². The predicted octanol–water partition coefficient (Wildman–Crippen LogP) is 4.23. The van der Waals surface area contributed by atoms with Crippen molar-refractivity contribution >= 4 is 15.9 Å². The zero-order valence-electron chi connectivity index (χ0n) is 10.3. The first kappa shape index (κ1) is 13.3. The lowest BCUT2D eigenvalue weighted by molar-refractivity contribution is 0.00684. The molecule has 0 amide bonds. The molecule has 1 atom stereocenters. The Hall–Kier alpha value is -1.16. The minimum absolute atomic E-state index is 0.143. The topological polar surface area (TPSA) is 21.3 Å². The Morgan fingerprint density at radius 3 is 2.44 bits per heavy atom. The van der Waals surface area contributed by atoms with E-state index in [2.05, 4.69) is 34.4 Å². The van der Waals surface area contributed by atoms with E-state index in [0.29, 0.717) is 6.61 Å². The van der Waals surface area contributed by atoms with E-state index in [4.69, 9.17) is 4.84 Å². The van der Waals surface area contributed by atoms with Crippen LogP contribution >= 0.6 is 15.9 Å². The molecule has 94 valence electrons. The van der Waals surface area contributed by atoms with E-state index in [9.17, 15) is 0 Å². The third-order valence-electron chi connectivity index (χ3n) is 2.71. The summed E-state index contributed by atoms with van der Waals surface area (Å²) in [7, 11) is 0. The van der Waals surface area contributed by atoms with Crippen molar-refractivity contribution in [1.29, 1.82) is 0 Å². The zero-order chi connectivity index (χ0) is 12.8. The van der Waals surface area contributed by atoms with Gasteiger partial charge < -0.3 is 0 Å². The van der Waals surface area contributed by atoms with Crippen LogP contribution in [0.1, 0.15) is 24.1 Å². The summed E-state index contributed by atoms with van der Waals surface area (Å²) in [4.78, 5) is 5.52. The molecule has 2 nitrogen and oxygen atoms in total. The van der Waals surface area contributed by atoms with Gasteiger partial charge in [-0.2, -0.15) is 5.48 Å². The summed E-state index contributed by atoms with van der Waals surface area (Å²) in [6, 6.07) is 18.4. The number of nitrogens with one attached hydrogen (secondary N) is 1. The van der Waals surface area contributed by atoms with Crippen molar-refractivity contribution in [3.05, 3.63) is 70.2 Å². The fraction of sp³-hybridized carbons (Fsp3) is 0.200. The van der Waals surface area contributed by atoms with Crippen molar-refractivity contribution < 1.29 is 4.84 Å². The van der Waals surface area contributed by atoms with E-state index >= 15 is 0 Å². The van der Waals surface area contributed by atoms with E-state index in [0.717, 1.165) is 10.0 Å². The van der Waals surface area contributed by atoms with Crippen LogP contribution in [0.25, 0.3) is 0 Å². The molecule has 0 spiro atoms. The van der Waals surface area contributed by atoms with Gasteiger partial charge in [-0.3, -0.25) is 4.84 Å². The number of halogens is 1. The lowest BCUT2D eigenvalue weighted by atomic mass is 10.1. The lowest BCUT2D eigenvalue weighted by Crippen LogP contribution is -2.19. The van der Waals surface area contributed by atoms with Crippen molar-refractivity contribution in [2.45, 2.75) is 19.6 Å². The molecule has 0 aliphatic rings. The maximum atomic E-state index is 5.52. The number of rotatable bonds is 5. The van der Waals surface area contributed by atoms with Gasteiger partial charge in [-0.1, -0.05) is 64.5 Å². The Morgan fingerprint density at radius 1 is 1.06 bits per heavy atom. The molecule has 0 saturated heterocycles. The van der Waals surface area contributed by atoms with Gasteiger partial charge in [0.25, 0.3) is 0 Å². The minimum atomic E-state index is 0.143. The van der Waals surface area contributed by atoms with Crippen molar-refractivity contribution in [3.63, 3.8) is 0 Å². The molecule has 0 aromatic heterocycles. The van der Waals surface area contributed by atoms with Crippen LogP contribution in [0.2, 0.25) is 0 Å². The van der Waals surface area contributed by atoms with Crippen LogP contribution in [-0.2, 0) is 11.4 Å². The average Bonchev–Trinajstić information content (AvgIpc) is 2.40. The van der Waals surface area contributed by atoms with Crippen LogP contribution < -0.4 is 5.48 Å². The van der Waals surface area contributed by atoms with Crippen molar-refractivity contribution in [2.24, 2.45) is 0 Å². The summed E-state index contributed by atoms with van der Waals surface area (Å²) >= 11 is 3.54. The van der Waals surface area contributed by atoms with Crippen molar-refractivity contribution in [2.75, 3.05) is 0 Å². The summed E-state index contributed by atoms with van der Waals surface area (Å²) in [5.41, 5.74) is 5.40. The highest BCUT2D eigenvalue weighted by atomic mass is 79.9. The normalized spacial score (nSPS) is 12.3. The van der Waals surface area contributed by atoms with Crippen LogP contribution in [-0.4, -0.2) is 0 Å². The van der Waals surface area contributed by atoms with Gasteiger partial charge in [0, 0.05) is 4.47 Å². The summed E-state index contributed by atoms with van der Waals surface area (Å²) in [6.45, 7) is 2.64. The molecule has 1 unspecified atom stereocenters. The first-order valence-electron chi connectivity index (χ1n) is 5.93. The molecular formula is C15H16BrNO. The van der Waals surface area contributed by atoms with Crippen LogP contribution in [0.5, 0.6) is 0 Å². The molecule has 2 aromatic rings. The van der Waals surface area contributed by atoms with Gasteiger partial charge in [0.05, 0.1) is 12.6 Å². The largest absolute Gasteiger partial charge is 0.296 e. The Kier molecular flexibility index (Phi) is 4.93. The monoisotopic (exact) mass is 305 g/mol. The molecule has 0 radical (unpaired) electrons. The quantitative estimate of drug-likeness (QED) is 0.835. The minimum Gasteiger partial charge on any atom is -0.296 e. The van der Waals surface area contributed by atoms with Gasteiger partial charge in [-0.15, -0.1) is 0 Å². The standard InChI is InChI=1S/C15H16BrNO/c1-12(14-9-5-6-10-15(14)16)17-18-11-13-7-3-2-4-8-13/h2-10,12,17H,11H2,1H3. The highest BCUT2D eigenvalue weighted by molar-refractivity contribution is 9.10. The second-order valence-electron chi connectivity index (χ2n) is 4.14. The maximum absolute atomic E-state index is 5.52. The third kappa shape index (κ3) is 3.67. The molecule has 2 rings (SSSR count). The van der Waals surface area contributed by atoms with Crippen molar-refractivity contribution in [3.8, 4) is 0 Å². The molecule has 2 aromatic carbocycles. The number of benzene rings is 2. The molecule has 0 aliphatic carbocycles. The van der Waals surface area contributed by atoms with Gasteiger partial charge in [-0.05, 0) is 24.1 Å². The molecular weight excluding hydrogens is 290 g/mol. The van der Waals surface area contributed by atoms with E-state index in [1.54, 1.807) is 0 Å². The van der Waals surface area contributed by atoms with Gasteiger partial charge in [0.15, 0.2) is 0 Å². The number of hydrogen-bond acceptors (Lipinski definition) is 2. The molecule has 0 fully saturated rings. The molecule has 0 heterocycles. The Balaban J connectivity index is 1.86. The van der Waals surface area contributed by atoms with E-state index in [1.165, 1.54) is 5.56 Å². The highest BCUT2D eigenvalue weighted by Crippen LogP contribution is 2.22. The fourth-order valence-corrected chi connectivity index (χ4v) is 2.34. The molecule has 0 bridgehead atoms. The molecule has 0 aliphatic heterocycles. The van der Waals surface area contributed by atoms with E-state index in [1.807, 2.05) is 48.5 Å². The van der Waals surface area contributed by atoms with Gasteiger partial charge in [-0.25, -0.2) is 0 Å². The second-order valence-corrected chi connectivity index (χ2v) is 4.99. The molecule has 0 saturated carbocycles. The SMILES string of the molecule is CC(NOCc1ccccc1)c1ccccc1Br. The fourth-order valence-electron chi connectivity index (χ4n) is 1.71. The van der Waals surface area contributed by atoms with Gasteiger partial charge >= 0.3 is 0 Å². The van der Waals surface area contributed by atoms with Crippen LogP contribution in [0.3, 0.4) is 0 Å². The highest BCUT2D eigenvalue weighted by Gasteiger charge is 2.07. The lowest BCUT2D eigenvalue weighted by Gasteiger charge is -2.15. The molecule has 1 N–H and O–H groups in total. The predicted molar refractivity (Wildman–Crippen MR) is 76.9 cm³/mol. The first-order valence-corrected chi connectivity index (χ1v) is 6.72. The van der Waals surface area contributed by atoms with Gasteiger partial charge in [0.2, 0.25) is 0 Å². The summed E-state index contributed by atoms with van der Waals surface area (Å²) in [5, 5.41) is 0. The first-order chi connectivity index (χ1) is 8.77. The van der Waals surface area contributed by atoms with E-state index in [-0.39, 0.29) is 6.04 Å². The number of hydrogen-bond donors (Lipinski definition) is 1. The second kappa shape index (κ2) is 6.69. The van der Waals surface area contributed by atoms with Crippen LogP contribution in [0, 0.1) is 0 Å². The summed E-state index contributed by atoms with van der Waals surface area (Å²) in [6.07, 6.45) is 0. The molecule has 3 heteroatoms. The Labute approximate surface area is 116 Å². The maximum Gasteiger partial charge on any atom is 0.0933 e. The van der Waals surface area contributed by atoms with E-state index < -0.39 is 0 Å². The molecule has 18 heavy (non-hydrogen) atoms. The Bertz CT molecular complexity index is 487. The zero-order valence-corrected chi connectivity index (χ0v) is 11.9. The number of hydroxylamine groups is 1. The van der Waals surface area contributed by atoms with Gasteiger partial charge in [0.1, 0.15) is 0 Å². The van der Waals surface area contributed by atoms with Crippen molar-refractivity contribution in [1.82, 2.24) is 5.48 Å².